The Morgan fingerprint density at radius 1 is 1.18 bits per heavy atom. The molecule has 0 saturated heterocycles. The van der Waals surface area contributed by atoms with Gasteiger partial charge in [-0.3, -0.25) is 9.59 Å². The van der Waals surface area contributed by atoms with E-state index < -0.39 is 11.6 Å². The fraction of sp³-hybridized carbons (Fsp3) is 0.273. The van der Waals surface area contributed by atoms with Crippen LogP contribution >= 0.6 is 11.6 Å². The van der Waals surface area contributed by atoms with Gasteiger partial charge in [0.2, 0.25) is 5.91 Å². The molecule has 1 N–H and O–H groups in total. The second-order valence-electron chi connectivity index (χ2n) is 7.76. The van der Waals surface area contributed by atoms with Crippen molar-refractivity contribution >= 4 is 23.4 Å². The van der Waals surface area contributed by atoms with Crippen molar-refractivity contribution in [1.29, 1.82) is 0 Å². The maximum absolute atomic E-state index is 13.3. The van der Waals surface area contributed by atoms with Crippen molar-refractivity contribution in [2.45, 2.75) is 32.4 Å². The zero-order chi connectivity index (χ0) is 20.5. The molecule has 3 rings (SSSR count). The van der Waals surface area contributed by atoms with Crippen molar-refractivity contribution < 1.29 is 14.3 Å². The Bertz CT molecular complexity index is 916. The predicted octanol–water partition coefficient (Wildman–Crippen LogP) is 4.34. The van der Waals surface area contributed by atoms with Crippen molar-refractivity contribution in [3.63, 3.8) is 0 Å². The summed E-state index contributed by atoms with van der Waals surface area (Å²) in [6.07, 6.45) is 0. The van der Waals surface area contributed by atoms with E-state index in [0.717, 1.165) is 0 Å². The first kappa shape index (κ1) is 20.0. The van der Waals surface area contributed by atoms with Crippen LogP contribution in [0.5, 0.6) is 5.75 Å². The monoisotopic (exact) mass is 398 g/mol. The Balaban J connectivity index is 2.08. The van der Waals surface area contributed by atoms with E-state index >= 15 is 0 Å². The lowest BCUT2D eigenvalue weighted by Gasteiger charge is -2.32. The van der Waals surface area contributed by atoms with Crippen molar-refractivity contribution in [3.05, 3.63) is 77.0 Å². The third-order valence-corrected chi connectivity index (χ3v) is 4.48. The zero-order valence-corrected chi connectivity index (χ0v) is 16.9. The number of nitrogens with zero attached hydrogens (tertiary/aromatic N) is 1. The topological polar surface area (TPSA) is 58.6 Å². The summed E-state index contributed by atoms with van der Waals surface area (Å²) in [6.45, 7) is 9.69. The Morgan fingerprint density at radius 3 is 2.46 bits per heavy atom. The highest BCUT2D eigenvalue weighted by atomic mass is 35.5. The van der Waals surface area contributed by atoms with Crippen molar-refractivity contribution in [2.75, 3.05) is 6.54 Å². The van der Waals surface area contributed by atoms with Gasteiger partial charge in [0.25, 0.3) is 5.91 Å². The SMILES string of the molecule is C=C1CN(C(C(=O)NC(C)(C)C)c2ccc(Cl)cc2)C(=O)c2ccccc2O1. The van der Waals surface area contributed by atoms with Crippen LogP contribution in [0.4, 0.5) is 0 Å². The number of ether oxygens (including phenoxy) is 1. The molecule has 0 bridgehead atoms. The standard InChI is InChI=1S/C22H23ClN2O3/c1-14-13-25(21(27)17-7-5-6-8-18(17)28-14)19(20(26)24-22(2,3)4)15-9-11-16(23)12-10-15/h5-12,19H,1,13H2,2-4H3,(H,24,26). The molecule has 0 aliphatic carbocycles. The second kappa shape index (κ2) is 7.68. The minimum absolute atomic E-state index is 0.0956. The maximum atomic E-state index is 13.3. The summed E-state index contributed by atoms with van der Waals surface area (Å²) in [5.74, 6) is 0.250. The normalized spacial score (nSPS) is 15.4. The van der Waals surface area contributed by atoms with Crippen LogP contribution in [0.15, 0.2) is 60.9 Å². The molecule has 2 amide bonds. The van der Waals surface area contributed by atoms with Gasteiger partial charge < -0.3 is 15.0 Å². The molecule has 1 atom stereocenters. The molecule has 1 aliphatic heterocycles. The number of benzene rings is 2. The molecular weight excluding hydrogens is 376 g/mol. The fourth-order valence-corrected chi connectivity index (χ4v) is 3.23. The number of fused-ring (bicyclic) bond motifs is 1. The van der Waals surface area contributed by atoms with E-state index in [4.69, 9.17) is 16.3 Å². The highest BCUT2D eigenvalue weighted by Gasteiger charge is 2.36. The number of hydrogen-bond acceptors (Lipinski definition) is 3. The van der Waals surface area contributed by atoms with E-state index in [1.54, 1.807) is 48.5 Å². The summed E-state index contributed by atoms with van der Waals surface area (Å²) in [5, 5.41) is 3.53. The molecule has 146 valence electrons. The Kier molecular flexibility index (Phi) is 5.47. The maximum Gasteiger partial charge on any atom is 0.259 e. The molecule has 2 aromatic carbocycles. The quantitative estimate of drug-likeness (QED) is 0.836. The lowest BCUT2D eigenvalue weighted by molar-refractivity contribution is -0.127. The number of rotatable bonds is 3. The average Bonchev–Trinajstić information content (AvgIpc) is 2.72. The van der Waals surface area contributed by atoms with Crippen LogP contribution in [0.25, 0.3) is 0 Å². The molecule has 5 nitrogen and oxygen atoms in total. The summed E-state index contributed by atoms with van der Waals surface area (Å²) >= 11 is 6.02. The molecule has 0 fully saturated rings. The van der Waals surface area contributed by atoms with E-state index in [9.17, 15) is 9.59 Å². The lowest BCUT2D eigenvalue weighted by Crippen LogP contribution is -2.49. The zero-order valence-electron chi connectivity index (χ0n) is 16.2. The number of carbonyl (C=O) groups is 2. The number of carbonyl (C=O) groups excluding carboxylic acids is 2. The first-order chi connectivity index (χ1) is 13.2. The van der Waals surface area contributed by atoms with E-state index in [0.29, 0.717) is 27.7 Å². The molecule has 0 spiro atoms. The molecule has 1 unspecified atom stereocenters. The summed E-state index contributed by atoms with van der Waals surface area (Å²) in [5.41, 5.74) is 0.595. The largest absolute Gasteiger partial charge is 0.460 e. The molecule has 28 heavy (non-hydrogen) atoms. The van der Waals surface area contributed by atoms with Gasteiger partial charge in [0.1, 0.15) is 17.6 Å². The van der Waals surface area contributed by atoms with Gasteiger partial charge in [0.15, 0.2) is 0 Å². The number of nitrogens with one attached hydrogen (secondary N) is 1. The van der Waals surface area contributed by atoms with Crippen LogP contribution in [0, 0.1) is 0 Å². The third kappa shape index (κ3) is 4.37. The fourth-order valence-electron chi connectivity index (χ4n) is 3.10. The highest BCUT2D eigenvalue weighted by Crippen LogP contribution is 2.32. The molecule has 0 radical (unpaired) electrons. The van der Waals surface area contributed by atoms with Crippen LogP contribution in [-0.4, -0.2) is 28.8 Å². The van der Waals surface area contributed by atoms with Gasteiger partial charge in [-0.1, -0.05) is 42.4 Å². The van der Waals surface area contributed by atoms with Crippen LogP contribution in [0.3, 0.4) is 0 Å². The summed E-state index contributed by atoms with van der Waals surface area (Å²) in [6, 6.07) is 13.0. The highest BCUT2D eigenvalue weighted by molar-refractivity contribution is 6.30. The summed E-state index contributed by atoms with van der Waals surface area (Å²) in [4.78, 5) is 28.0. The van der Waals surface area contributed by atoms with Crippen molar-refractivity contribution in [3.8, 4) is 5.75 Å². The van der Waals surface area contributed by atoms with Gasteiger partial charge in [-0.05, 0) is 50.6 Å². The van der Waals surface area contributed by atoms with Crippen molar-refractivity contribution in [2.24, 2.45) is 0 Å². The van der Waals surface area contributed by atoms with Crippen LogP contribution < -0.4 is 10.1 Å². The summed E-state index contributed by atoms with van der Waals surface area (Å²) in [7, 11) is 0. The Labute approximate surface area is 169 Å². The molecule has 2 aromatic rings. The van der Waals surface area contributed by atoms with Crippen LogP contribution in [0.2, 0.25) is 5.02 Å². The van der Waals surface area contributed by atoms with Gasteiger partial charge in [-0.15, -0.1) is 0 Å². The van der Waals surface area contributed by atoms with Gasteiger partial charge in [0, 0.05) is 10.6 Å². The van der Waals surface area contributed by atoms with E-state index in [1.165, 1.54) is 4.90 Å². The van der Waals surface area contributed by atoms with Crippen LogP contribution in [0.1, 0.15) is 42.7 Å². The van der Waals surface area contributed by atoms with E-state index in [1.807, 2.05) is 20.8 Å². The molecule has 1 heterocycles. The minimum Gasteiger partial charge on any atom is -0.460 e. The number of hydrogen-bond donors (Lipinski definition) is 1. The van der Waals surface area contributed by atoms with Gasteiger partial charge >= 0.3 is 0 Å². The molecule has 6 heteroatoms. The number of halogens is 1. The van der Waals surface area contributed by atoms with Gasteiger partial charge in [0.05, 0.1) is 12.1 Å². The Morgan fingerprint density at radius 2 is 1.82 bits per heavy atom. The van der Waals surface area contributed by atoms with Crippen molar-refractivity contribution in [1.82, 2.24) is 10.2 Å². The van der Waals surface area contributed by atoms with Gasteiger partial charge in [-0.2, -0.15) is 0 Å². The van der Waals surface area contributed by atoms with Crippen LogP contribution in [-0.2, 0) is 4.79 Å². The second-order valence-corrected chi connectivity index (χ2v) is 8.20. The first-order valence-electron chi connectivity index (χ1n) is 8.99. The minimum atomic E-state index is -0.851. The Hall–Kier alpha value is -2.79. The average molecular weight is 399 g/mol. The first-order valence-corrected chi connectivity index (χ1v) is 9.36. The predicted molar refractivity (Wildman–Crippen MR) is 109 cm³/mol. The molecular formula is C22H23ClN2O3. The number of amides is 2. The molecule has 0 aromatic heterocycles. The van der Waals surface area contributed by atoms with E-state index in [-0.39, 0.29) is 18.4 Å². The summed E-state index contributed by atoms with van der Waals surface area (Å²) < 4.78 is 5.73. The van der Waals surface area contributed by atoms with E-state index in [2.05, 4.69) is 11.9 Å². The lowest BCUT2D eigenvalue weighted by atomic mass is 10.0. The molecule has 0 saturated carbocycles. The number of para-hydroxylation sites is 1. The third-order valence-electron chi connectivity index (χ3n) is 4.22. The molecule has 1 aliphatic rings. The van der Waals surface area contributed by atoms with Gasteiger partial charge in [-0.25, -0.2) is 0 Å². The smallest absolute Gasteiger partial charge is 0.259 e.